The molecule has 0 spiro atoms. The van der Waals surface area contributed by atoms with Crippen LogP contribution in [-0.2, 0) is 20.9 Å². The van der Waals surface area contributed by atoms with Gasteiger partial charge in [-0.1, -0.05) is 0 Å². The summed E-state index contributed by atoms with van der Waals surface area (Å²) in [6, 6.07) is 3.15. The lowest BCUT2D eigenvalue weighted by molar-refractivity contribution is -0.150. The van der Waals surface area contributed by atoms with Gasteiger partial charge in [0.1, 0.15) is 18.2 Å². The van der Waals surface area contributed by atoms with Crippen molar-refractivity contribution in [3.63, 3.8) is 0 Å². The normalized spacial score (nSPS) is 18.9. The summed E-state index contributed by atoms with van der Waals surface area (Å²) in [7, 11) is 0. The summed E-state index contributed by atoms with van der Waals surface area (Å²) in [6.07, 6.45) is 1.29. The molecule has 1 heterocycles. The van der Waals surface area contributed by atoms with Crippen LogP contribution < -0.4 is 0 Å². The molecule has 0 bridgehead atoms. The Hall–Kier alpha value is -1.91. The molecule has 1 aliphatic rings. The van der Waals surface area contributed by atoms with E-state index in [1.165, 1.54) is 6.92 Å². The van der Waals surface area contributed by atoms with Gasteiger partial charge in [-0.25, -0.2) is 0 Å². The van der Waals surface area contributed by atoms with Crippen molar-refractivity contribution in [3.05, 3.63) is 23.7 Å². The molecule has 0 aliphatic heterocycles. The van der Waals surface area contributed by atoms with Crippen LogP contribution in [0.3, 0.4) is 0 Å². The minimum Gasteiger partial charge on any atom is -0.457 e. The highest BCUT2D eigenvalue weighted by atomic mass is 16.5. The maximum atomic E-state index is 11.6. The van der Waals surface area contributed by atoms with Crippen LogP contribution in [0, 0.1) is 5.92 Å². The Morgan fingerprint density at radius 1 is 1.44 bits per heavy atom. The Labute approximate surface area is 104 Å². The Kier molecular flexibility index (Phi) is 3.60. The molecule has 1 atom stereocenters. The van der Waals surface area contributed by atoms with E-state index in [1.54, 1.807) is 12.1 Å². The number of rotatable bonds is 4. The third kappa shape index (κ3) is 2.85. The number of furan rings is 1. The highest BCUT2D eigenvalue weighted by Crippen LogP contribution is 2.23. The summed E-state index contributed by atoms with van der Waals surface area (Å²) >= 11 is 0. The van der Waals surface area contributed by atoms with Gasteiger partial charge in [0.05, 0.1) is 5.92 Å². The van der Waals surface area contributed by atoms with Gasteiger partial charge in [-0.05, 0) is 18.6 Å². The van der Waals surface area contributed by atoms with Crippen LogP contribution in [0.1, 0.15) is 42.5 Å². The predicted molar refractivity (Wildman–Crippen MR) is 60.9 cm³/mol. The third-order valence-electron chi connectivity index (χ3n) is 2.94. The van der Waals surface area contributed by atoms with Crippen molar-refractivity contribution in [1.82, 2.24) is 0 Å². The largest absolute Gasteiger partial charge is 0.457 e. The molecule has 96 valence electrons. The standard InChI is InChI=1S/C13H14O5/c1-8(14)12-5-4-11(18-12)7-17-13(16)9-2-3-10(15)6-9/h4-5,9H,2-3,6-7H2,1H3/t9-/m1/s1. The van der Waals surface area contributed by atoms with Crippen molar-refractivity contribution in [2.24, 2.45) is 5.92 Å². The van der Waals surface area contributed by atoms with Crippen molar-refractivity contribution in [2.75, 3.05) is 0 Å². The first-order chi connectivity index (χ1) is 8.56. The number of carbonyl (C=O) groups is 3. The smallest absolute Gasteiger partial charge is 0.309 e. The summed E-state index contributed by atoms with van der Waals surface area (Å²) in [5, 5.41) is 0. The molecule has 5 heteroatoms. The highest BCUT2D eigenvalue weighted by molar-refractivity contribution is 5.91. The Balaban J connectivity index is 1.85. The Morgan fingerprint density at radius 2 is 2.22 bits per heavy atom. The fourth-order valence-corrected chi connectivity index (χ4v) is 1.92. The zero-order chi connectivity index (χ0) is 13.1. The molecule has 1 aromatic heterocycles. The van der Waals surface area contributed by atoms with Crippen molar-refractivity contribution in [3.8, 4) is 0 Å². The fourth-order valence-electron chi connectivity index (χ4n) is 1.92. The molecule has 18 heavy (non-hydrogen) atoms. The zero-order valence-electron chi connectivity index (χ0n) is 10.1. The van der Waals surface area contributed by atoms with Crippen LogP contribution in [0.15, 0.2) is 16.5 Å². The zero-order valence-corrected chi connectivity index (χ0v) is 10.1. The van der Waals surface area contributed by atoms with Crippen LogP contribution in [0.25, 0.3) is 0 Å². The summed E-state index contributed by atoms with van der Waals surface area (Å²) in [4.78, 5) is 33.7. The predicted octanol–water partition coefficient (Wildman–Crippen LogP) is 1.89. The van der Waals surface area contributed by atoms with Gasteiger partial charge in [0, 0.05) is 19.8 Å². The molecule has 0 aromatic carbocycles. The Bertz CT molecular complexity index is 485. The van der Waals surface area contributed by atoms with Gasteiger partial charge in [0.15, 0.2) is 11.5 Å². The molecule has 0 radical (unpaired) electrons. The van der Waals surface area contributed by atoms with Gasteiger partial charge < -0.3 is 9.15 Å². The van der Waals surface area contributed by atoms with Crippen LogP contribution in [0.5, 0.6) is 0 Å². The molecule has 1 fully saturated rings. The van der Waals surface area contributed by atoms with Crippen LogP contribution in [0.4, 0.5) is 0 Å². The Morgan fingerprint density at radius 3 is 2.78 bits per heavy atom. The molecule has 0 saturated heterocycles. The van der Waals surface area contributed by atoms with E-state index < -0.39 is 0 Å². The van der Waals surface area contributed by atoms with Gasteiger partial charge in [-0.2, -0.15) is 0 Å². The number of ketones is 2. The number of ether oxygens (including phenoxy) is 1. The number of Topliss-reactive ketones (excluding diaryl/α,β-unsaturated/α-hetero) is 2. The molecule has 1 saturated carbocycles. The summed E-state index contributed by atoms with van der Waals surface area (Å²) < 4.78 is 10.2. The third-order valence-corrected chi connectivity index (χ3v) is 2.94. The second kappa shape index (κ2) is 5.16. The lowest BCUT2D eigenvalue weighted by Gasteiger charge is -2.07. The van der Waals surface area contributed by atoms with Gasteiger partial charge in [-0.15, -0.1) is 0 Å². The lowest BCUT2D eigenvalue weighted by Crippen LogP contribution is -2.14. The summed E-state index contributed by atoms with van der Waals surface area (Å²) in [5.74, 6) is -0.0842. The summed E-state index contributed by atoms with van der Waals surface area (Å²) in [6.45, 7) is 1.40. The molecule has 0 N–H and O–H groups in total. The van der Waals surface area contributed by atoms with Crippen LogP contribution >= 0.6 is 0 Å². The van der Waals surface area contributed by atoms with Crippen molar-refractivity contribution in [2.45, 2.75) is 32.8 Å². The van der Waals surface area contributed by atoms with Gasteiger partial charge in [0.25, 0.3) is 0 Å². The minimum atomic E-state index is -0.373. The average molecular weight is 250 g/mol. The number of carbonyl (C=O) groups excluding carboxylic acids is 3. The van der Waals surface area contributed by atoms with Gasteiger partial charge in [0.2, 0.25) is 0 Å². The van der Waals surface area contributed by atoms with Crippen molar-refractivity contribution in [1.29, 1.82) is 0 Å². The van der Waals surface area contributed by atoms with E-state index in [0.717, 1.165) is 0 Å². The second-order valence-electron chi connectivity index (χ2n) is 4.41. The maximum Gasteiger partial charge on any atom is 0.309 e. The van der Waals surface area contributed by atoms with E-state index in [9.17, 15) is 14.4 Å². The first-order valence-electron chi connectivity index (χ1n) is 5.84. The fraction of sp³-hybridized carbons (Fsp3) is 0.462. The molecule has 2 rings (SSSR count). The quantitative estimate of drug-likeness (QED) is 0.602. The molecule has 5 nitrogen and oxygen atoms in total. The first kappa shape index (κ1) is 12.5. The van der Waals surface area contributed by atoms with Crippen LogP contribution in [-0.4, -0.2) is 17.5 Å². The van der Waals surface area contributed by atoms with Crippen LogP contribution in [0.2, 0.25) is 0 Å². The number of hydrogen-bond donors (Lipinski definition) is 0. The topological polar surface area (TPSA) is 73.6 Å². The van der Waals surface area contributed by atoms with E-state index in [4.69, 9.17) is 9.15 Å². The van der Waals surface area contributed by atoms with E-state index in [2.05, 4.69) is 0 Å². The SMILES string of the molecule is CC(=O)c1ccc(COC(=O)[C@@H]2CCC(=O)C2)o1. The monoisotopic (exact) mass is 250 g/mol. The molecule has 0 unspecified atom stereocenters. The van der Waals surface area contributed by atoms with E-state index in [0.29, 0.717) is 18.6 Å². The van der Waals surface area contributed by atoms with Gasteiger partial charge in [-0.3, -0.25) is 14.4 Å². The lowest BCUT2D eigenvalue weighted by atomic mass is 10.1. The summed E-state index contributed by atoms with van der Waals surface area (Å²) in [5.41, 5.74) is 0. The molecular formula is C13H14O5. The van der Waals surface area contributed by atoms with Gasteiger partial charge >= 0.3 is 5.97 Å². The maximum absolute atomic E-state index is 11.6. The highest BCUT2D eigenvalue weighted by Gasteiger charge is 2.29. The number of esters is 1. The van der Waals surface area contributed by atoms with E-state index >= 15 is 0 Å². The first-order valence-corrected chi connectivity index (χ1v) is 5.84. The average Bonchev–Trinajstić information content (AvgIpc) is 2.94. The van der Waals surface area contributed by atoms with E-state index in [1.807, 2.05) is 0 Å². The molecule has 1 aliphatic carbocycles. The molecular weight excluding hydrogens is 236 g/mol. The number of hydrogen-bond acceptors (Lipinski definition) is 5. The minimum absolute atomic E-state index is 0.00317. The van der Waals surface area contributed by atoms with E-state index in [-0.39, 0.29) is 42.2 Å². The van der Waals surface area contributed by atoms with Crippen molar-refractivity contribution < 1.29 is 23.5 Å². The molecule has 0 amide bonds. The van der Waals surface area contributed by atoms with Crippen molar-refractivity contribution >= 4 is 17.5 Å². The second-order valence-corrected chi connectivity index (χ2v) is 4.41. The molecule has 1 aromatic rings.